The highest BCUT2D eigenvalue weighted by Crippen LogP contribution is 2.33. The number of ether oxygens (including phenoxy) is 1. The predicted octanol–water partition coefficient (Wildman–Crippen LogP) is 2.92. The molecule has 1 heterocycles. The van der Waals surface area contributed by atoms with E-state index in [4.69, 9.17) is 4.74 Å². The lowest BCUT2D eigenvalue weighted by Crippen LogP contribution is -2.60. The van der Waals surface area contributed by atoms with Gasteiger partial charge in [0.15, 0.2) is 5.96 Å². The molecule has 2 aliphatic rings. The molecule has 1 unspecified atom stereocenters. The largest absolute Gasteiger partial charge is 0.379 e. The van der Waals surface area contributed by atoms with Crippen LogP contribution >= 0.6 is 0 Å². The second-order valence-corrected chi connectivity index (χ2v) is 9.14. The first kappa shape index (κ1) is 24.5. The molecule has 1 aliphatic heterocycles. The van der Waals surface area contributed by atoms with Crippen LogP contribution in [0.5, 0.6) is 0 Å². The van der Waals surface area contributed by atoms with Gasteiger partial charge < -0.3 is 20.7 Å². The van der Waals surface area contributed by atoms with Gasteiger partial charge in [0, 0.05) is 50.4 Å². The van der Waals surface area contributed by atoms with Crippen molar-refractivity contribution in [3.63, 3.8) is 0 Å². The van der Waals surface area contributed by atoms with Crippen LogP contribution in [0.25, 0.3) is 0 Å². The minimum absolute atomic E-state index is 0.0165. The van der Waals surface area contributed by atoms with Gasteiger partial charge >= 0.3 is 0 Å². The van der Waals surface area contributed by atoms with Crippen molar-refractivity contribution in [2.24, 2.45) is 4.99 Å². The molecule has 0 radical (unpaired) electrons. The highest BCUT2D eigenvalue weighted by Gasteiger charge is 2.38. The monoisotopic (exact) mass is 443 g/mol. The Hall–Kier alpha value is -2.12. The average molecular weight is 444 g/mol. The molecule has 178 valence electrons. The Morgan fingerprint density at radius 1 is 1.12 bits per heavy atom. The molecule has 1 atom stereocenters. The molecule has 1 aromatic carbocycles. The molecule has 7 heteroatoms. The zero-order valence-electron chi connectivity index (χ0n) is 20.1. The van der Waals surface area contributed by atoms with Crippen LogP contribution in [0.2, 0.25) is 0 Å². The SMILES string of the molecule is CCC(C)NC(=O)c1ccc(CNC(=NC)NCC2(N3CCOCC3)CCCCC2)cc1. The molecule has 0 spiro atoms. The van der Waals surface area contributed by atoms with Crippen LogP contribution in [0.4, 0.5) is 0 Å². The van der Waals surface area contributed by atoms with Crippen molar-refractivity contribution in [3.8, 4) is 0 Å². The number of rotatable bonds is 8. The number of morpholine rings is 1. The van der Waals surface area contributed by atoms with Crippen LogP contribution < -0.4 is 16.0 Å². The van der Waals surface area contributed by atoms with Crippen molar-refractivity contribution in [2.45, 2.75) is 70.5 Å². The number of guanidine groups is 1. The summed E-state index contributed by atoms with van der Waals surface area (Å²) in [6.45, 7) is 9.36. The first-order chi connectivity index (χ1) is 15.6. The summed E-state index contributed by atoms with van der Waals surface area (Å²) in [5, 5.41) is 10.0. The highest BCUT2D eigenvalue weighted by molar-refractivity contribution is 5.94. The van der Waals surface area contributed by atoms with Crippen molar-refractivity contribution in [3.05, 3.63) is 35.4 Å². The Kier molecular flexibility index (Phi) is 9.36. The quantitative estimate of drug-likeness (QED) is 0.425. The molecular formula is C25H41N5O2. The van der Waals surface area contributed by atoms with Gasteiger partial charge in [-0.2, -0.15) is 0 Å². The standard InChI is InChI=1S/C25H41N5O2/c1-4-20(2)29-23(31)22-10-8-21(9-11-22)18-27-24(26-3)28-19-25(12-6-5-7-13-25)30-14-16-32-17-15-30/h8-11,20H,4-7,12-19H2,1-3H3,(H,29,31)(H2,26,27,28). The van der Waals surface area contributed by atoms with E-state index in [0.29, 0.717) is 12.1 Å². The zero-order valence-corrected chi connectivity index (χ0v) is 20.1. The zero-order chi connectivity index (χ0) is 22.8. The third kappa shape index (κ3) is 6.69. The predicted molar refractivity (Wildman–Crippen MR) is 130 cm³/mol. The molecule has 0 bridgehead atoms. The Morgan fingerprint density at radius 2 is 1.81 bits per heavy atom. The number of hydrogen-bond acceptors (Lipinski definition) is 4. The molecule has 1 saturated carbocycles. The maximum absolute atomic E-state index is 12.3. The van der Waals surface area contributed by atoms with E-state index in [-0.39, 0.29) is 17.5 Å². The lowest BCUT2D eigenvalue weighted by atomic mass is 9.80. The fourth-order valence-corrected chi connectivity index (χ4v) is 4.69. The normalized spacial score (nSPS) is 20.4. The Morgan fingerprint density at radius 3 is 2.44 bits per heavy atom. The number of nitrogens with zero attached hydrogens (tertiary/aromatic N) is 2. The minimum Gasteiger partial charge on any atom is -0.379 e. The third-order valence-electron chi connectivity index (χ3n) is 6.94. The molecule has 1 aliphatic carbocycles. The van der Waals surface area contributed by atoms with Crippen molar-refractivity contribution >= 4 is 11.9 Å². The Labute approximate surface area is 193 Å². The van der Waals surface area contributed by atoms with Crippen LogP contribution in [0.3, 0.4) is 0 Å². The van der Waals surface area contributed by atoms with E-state index >= 15 is 0 Å². The van der Waals surface area contributed by atoms with Gasteiger partial charge in [0.05, 0.1) is 13.2 Å². The smallest absolute Gasteiger partial charge is 0.251 e. The van der Waals surface area contributed by atoms with Gasteiger partial charge in [0.25, 0.3) is 5.91 Å². The summed E-state index contributed by atoms with van der Waals surface area (Å²) in [7, 11) is 1.82. The molecule has 2 fully saturated rings. The summed E-state index contributed by atoms with van der Waals surface area (Å²) in [5.41, 5.74) is 2.01. The van der Waals surface area contributed by atoms with E-state index in [0.717, 1.165) is 50.8 Å². The van der Waals surface area contributed by atoms with E-state index in [2.05, 4.69) is 32.8 Å². The molecule has 7 nitrogen and oxygen atoms in total. The summed E-state index contributed by atoms with van der Waals surface area (Å²) in [4.78, 5) is 19.3. The van der Waals surface area contributed by atoms with E-state index in [9.17, 15) is 4.79 Å². The van der Waals surface area contributed by atoms with Gasteiger partial charge in [-0.3, -0.25) is 14.7 Å². The fourth-order valence-electron chi connectivity index (χ4n) is 4.69. The van der Waals surface area contributed by atoms with Gasteiger partial charge in [0.1, 0.15) is 0 Å². The minimum atomic E-state index is -0.0165. The topological polar surface area (TPSA) is 78.0 Å². The van der Waals surface area contributed by atoms with Crippen molar-refractivity contribution in [1.82, 2.24) is 20.9 Å². The first-order valence-corrected chi connectivity index (χ1v) is 12.2. The van der Waals surface area contributed by atoms with Gasteiger partial charge in [-0.25, -0.2) is 0 Å². The summed E-state index contributed by atoms with van der Waals surface area (Å²) >= 11 is 0. The number of carbonyl (C=O) groups is 1. The lowest BCUT2D eigenvalue weighted by molar-refractivity contribution is -0.0352. The second kappa shape index (κ2) is 12.2. The average Bonchev–Trinajstić information content (AvgIpc) is 2.85. The van der Waals surface area contributed by atoms with Crippen LogP contribution in [-0.2, 0) is 11.3 Å². The van der Waals surface area contributed by atoms with Crippen LogP contribution in [0, 0.1) is 0 Å². The van der Waals surface area contributed by atoms with Crippen LogP contribution in [-0.4, -0.2) is 68.2 Å². The molecule has 1 amide bonds. The summed E-state index contributed by atoms with van der Waals surface area (Å²) in [5.74, 6) is 0.805. The number of amides is 1. The fraction of sp³-hybridized carbons (Fsp3) is 0.680. The van der Waals surface area contributed by atoms with E-state index < -0.39 is 0 Å². The Balaban J connectivity index is 1.52. The molecular weight excluding hydrogens is 402 g/mol. The molecule has 3 N–H and O–H groups in total. The van der Waals surface area contributed by atoms with Crippen molar-refractivity contribution in [2.75, 3.05) is 39.9 Å². The maximum Gasteiger partial charge on any atom is 0.251 e. The molecule has 32 heavy (non-hydrogen) atoms. The molecule has 1 aromatic rings. The van der Waals surface area contributed by atoms with Crippen LogP contribution in [0.1, 0.15) is 68.3 Å². The molecule has 1 saturated heterocycles. The van der Waals surface area contributed by atoms with E-state index in [1.54, 1.807) is 0 Å². The number of carbonyl (C=O) groups excluding carboxylic acids is 1. The highest BCUT2D eigenvalue weighted by atomic mass is 16.5. The van der Waals surface area contributed by atoms with Gasteiger partial charge in [-0.05, 0) is 43.9 Å². The second-order valence-electron chi connectivity index (χ2n) is 9.14. The van der Waals surface area contributed by atoms with Gasteiger partial charge in [0.2, 0.25) is 0 Å². The lowest BCUT2D eigenvalue weighted by Gasteiger charge is -2.48. The first-order valence-electron chi connectivity index (χ1n) is 12.2. The van der Waals surface area contributed by atoms with Crippen molar-refractivity contribution < 1.29 is 9.53 Å². The number of nitrogens with one attached hydrogen (secondary N) is 3. The summed E-state index contributed by atoms with van der Waals surface area (Å²) < 4.78 is 5.59. The maximum atomic E-state index is 12.3. The third-order valence-corrected chi connectivity index (χ3v) is 6.94. The molecule has 0 aromatic heterocycles. The van der Waals surface area contributed by atoms with Crippen molar-refractivity contribution in [1.29, 1.82) is 0 Å². The van der Waals surface area contributed by atoms with Gasteiger partial charge in [-0.15, -0.1) is 0 Å². The van der Waals surface area contributed by atoms with E-state index in [1.807, 2.05) is 38.2 Å². The Bertz CT molecular complexity index is 737. The number of hydrogen-bond donors (Lipinski definition) is 3. The van der Waals surface area contributed by atoms with Crippen LogP contribution in [0.15, 0.2) is 29.3 Å². The summed E-state index contributed by atoms with van der Waals surface area (Å²) in [6, 6.07) is 7.97. The number of aliphatic imine (C=N–C) groups is 1. The summed E-state index contributed by atoms with van der Waals surface area (Å²) in [6.07, 6.45) is 7.32. The molecule has 3 rings (SSSR count). The van der Waals surface area contributed by atoms with Gasteiger partial charge in [-0.1, -0.05) is 38.3 Å². The van der Waals surface area contributed by atoms with E-state index in [1.165, 1.54) is 32.1 Å². The number of benzene rings is 1.